The summed E-state index contributed by atoms with van der Waals surface area (Å²) in [4.78, 5) is 0. The van der Waals surface area contributed by atoms with Gasteiger partial charge in [0.2, 0.25) is 0 Å². The summed E-state index contributed by atoms with van der Waals surface area (Å²) in [7, 11) is -6.33. The van der Waals surface area contributed by atoms with Gasteiger partial charge >= 0.3 is 27.3 Å². The Kier molecular flexibility index (Phi) is 21.0. The minimum Gasteiger partial charge on any atom is -0.867 e. The summed E-state index contributed by atoms with van der Waals surface area (Å²) >= 11 is 0. The molecule has 48 valence electrons. The van der Waals surface area contributed by atoms with Crippen LogP contribution < -0.4 is 20.1 Å². The van der Waals surface area contributed by atoms with Gasteiger partial charge in [0.1, 0.15) is 14.8 Å². The average Bonchev–Trinajstić information content (AvgIpc) is 1.25. The topological polar surface area (TPSA) is 92.2 Å². The number of halogens is 2. The molecule has 0 aliphatic heterocycles. The predicted molar refractivity (Wildman–Crippen MR) is 19.5 cm³/mol. The van der Waals surface area contributed by atoms with Gasteiger partial charge in [0.05, 0.1) is 0 Å². The molecule has 0 saturated carbocycles. The van der Waals surface area contributed by atoms with E-state index in [0.717, 1.165) is 0 Å². The molecule has 9 heteroatoms. The summed E-state index contributed by atoms with van der Waals surface area (Å²) in [6, 6.07) is 0. The van der Waals surface area contributed by atoms with E-state index in [1.54, 1.807) is 0 Å². The molecular weight excluding hydrogens is 331 g/mol. The molecule has 0 fully saturated rings. The van der Waals surface area contributed by atoms with Gasteiger partial charge in [0, 0.05) is 0 Å². The molecule has 0 rings (SSSR count). The first-order valence-electron chi connectivity index (χ1n) is 1.38. The van der Waals surface area contributed by atoms with E-state index in [4.69, 9.17) is 20.1 Å². The van der Waals surface area contributed by atoms with Crippen LogP contribution in [0.1, 0.15) is 0 Å². The van der Waals surface area contributed by atoms with Crippen LogP contribution in [0.4, 0.5) is 8.63 Å². The van der Waals surface area contributed by atoms with Crippen molar-refractivity contribution in [3.63, 3.8) is 0 Å². The second kappa shape index (κ2) is 11.5. The SMILES string of the molecule is [O-]B([O-])F.[O-]B([O-])F.[Pb+4]. The second-order valence-electron chi connectivity index (χ2n) is 0.549. The summed E-state index contributed by atoms with van der Waals surface area (Å²) in [5, 5.41) is 33.2. The zero-order chi connectivity index (χ0) is 7.15. The predicted octanol–water partition coefficient (Wildman–Crippen LogP) is -5.06. The van der Waals surface area contributed by atoms with Gasteiger partial charge in [0.15, 0.2) is 0 Å². The van der Waals surface area contributed by atoms with Gasteiger partial charge in [0.25, 0.3) is 0 Å². The molecule has 9 heavy (non-hydrogen) atoms. The Morgan fingerprint density at radius 2 is 0.778 bits per heavy atom. The van der Waals surface area contributed by atoms with E-state index in [1.807, 2.05) is 0 Å². The van der Waals surface area contributed by atoms with Crippen molar-refractivity contribution in [1.29, 1.82) is 0 Å². The van der Waals surface area contributed by atoms with Gasteiger partial charge in [-0.3, -0.25) is 0 Å². The summed E-state index contributed by atoms with van der Waals surface area (Å²) < 4.78 is 19.8. The smallest absolute Gasteiger partial charge is 0.867 e. The maximum atomic E-state index is 9.89. The van der Waals surface area contributed by atoms with E-state index in [0.29, 0.717) is 0 Å². The quantitative estimate of drug-likeness (QED) is 0.416. The van der Waals surface area contributed by atoms with Crippen LogP contribution in [0.15, 0.2) is 0 Å². The summed E-state index contributed by atoms with van der Waals surface area (Å²) in [5.74, 6) is 0. The van der Waals surface area contributed by atoms with Crippen LogP contribution in [-0.4, -0.2) is 42.1 Å². The third kappa shape index (κ3) is 706. The van der Waals surface area contributed by atoms with Crippen molar-refractivity contribution in [3.05, 3.63) is 0 Å². The van der Waals surface area contributed by atoms with E-state index < -0.39 is 14.8 Å². The molecule has 0 atom stereocenters. The van der Waals surface area contributed by atoms with Crippen LogP contribution in [-0.2, 0) is 0 Å². The van der Waals surface area contributed by atoms with Crippen LogP contribution in [0.5, 0.6) is 0 Å². The maximum absolute atomic E-state index is 9.89. The van der Waals surface area contributed by atoms with Crippen LogP contribution in [0.25, 0.3) is 0 Å². The Balaban J connectivity index is -0.0000000720. The zero-order valence-corrected chi connectivity index (χ0v) is 7.93. The number of rotatable bonds is 0. The van der Waals surface area contributed by atoms with Gasteiger partial charge in [-0.25, -0.2) is 0 Å². The van der Waals surface area contributed by atoms with E-state index >= 15 is 0 Å². The van der Waals surface area contributed by atoms with Crippen molar-refractivity contribution < 1.29 is 28.7 Å². The molecular formula is B2F2O4Pb. The molecule has 0 spiro atoms. The fraction of sp³-hybridized carbons (Fsp3) is 0. The van der Waals surface area contributed by atoms with E-state index in [1.165, 1.54) is 0 Å². The Morgan fingerprint density at radius 1 is 0.778 bits per heavy atom. The number of hydrogen-bond acceptors (Lipinski definition) is 4. The number of hydrogen-bond donors (Lipinski definition) is 0. The van der Waals surface area contributed by atoms with Crippen molar-refractivity contribution in [2.24, 2.45) is 0 Å². The molecule has 0 aliphatic rings. The maximum Gasteiger partial charge on any atom is 4.00 e. The summed E-state index contributed by atoms with van der Waals surface area (Å²) in [6.07, 6.45) is 0. The van der Waals surface area contributed by atoms with Crippen LogP contribution in [0.2, 0.25) is 0 Å². The van der Waals surface area contributed by atoms with Gasteiger partial charge in [-0.15, -0.1) is 0 Å². The van der Waals surface area contributed by atoms with Crippen molar-refractivity contribution >= 4 is 42.1 Å². The second-order valence-corrected chi connectivity index (χ2v) is 0.549. The Hall–Kier alpha value is 0.752. The molecule has 0 bridgehead atoms. The van der Waals surface area contributed by atoms with Gasteiger partial charge in [-0.2, -0.15) is 0 Å². The summed E-state index contributed by atoms with van der Waals surface area (Å²) in [5.41, 5.74) is 0. The third-order valence-corrected chi connectivity index (χ3v) is 0. The average molecular weight is 331 g/mol. The van der Waals surface area contributed by atoms with E-state index in [9.17, 15) is 8.63 Å². The Labute approximate surface area is 71.1 Å². The van der Waals surface area contributed by atoms with Gasteiger partial charge < -0.3 is 28.7 Å². The molecule has 0 radical (unpaired) electrons. The van der Waals surface area contributed by atoms with Gasteiger partial charge in [-0.1, -0.05) is 0 Å². The first-order valence-corrected chi connectivity index (χ1v) is 1.38. The van der Waals surface area contributed by atoms with E-state index in [-0.39, 0.29) is 27.3 Å². The van der Waals surface area contributed by atoms with Crippen molar-refractivity contribution in [2.45, 2.75) is 0 Å². The molecule has 0 N–H and O–H groups in total. The molecule has 4 nitrogen and oxygen atoms in total. The minimum absolute atomic E-state index is 0. The third-order valence-electron chi connectivity index (χ3n) is 0. The minimum atomic E-state index is -3.17. The first kappa shape index (κ1) is 16.4. The largest absolute Gasteiger partial charge is 4.00 e. The van der Waals surface area contributed by atoms with Gasteiger partial charge in [-0.05, 0) is 0 Å². The zero-order valence-electron chi connectivity index (χ0n) is 4.04. The molecule has 0 aromatic carbocycles. The molecule has 0 unspecified atom stereocenters. The Bertz CT molecular complexity index is 32.0. The van der Waals surface area contributed by atoms with Crippen molar-refractivity contribution in [2.75, 3.05) is 0 Å². The molecule has 0 aliphatic carbocycles. The van der Waals surface area contributed by atoms with Crippen LogP contribution in [0, 0.1) is 0 Å². The van der Waals surface area contributed by atoms with Crippen LogP contribution in [0.3, 0.4) is 0 Å². The van der Waals surface area contributed by atoms with E-state index in [2.05, 4.69) is 0 Å². The fourth-order valence-electron chi connectivity index (χ4n) is 0. The molecule has 0 saturated heterocycles. The Morgan fingerprint density at radius 3 is 0.778 bits per heavy atom. The standard InChI is InChI=1S/2BFO2.Pb/c2*2-1(3)4;/q2*-2;+4. The van der Waals surface area contributed by atoms with Crippen LogP contribution >= 0.6 is 0 Å². The van der Waals surface area contributed by atoms with Crippen molar-refractivity contribution in [3.8, 4) is 0 Å². The first-order chi connectivity index (χ1) is 3.46. The molecule has 0 amide bonds. The monoisotopic (exact) mass is 332 g/mol. The summed E-state index contributed by atoms with van der Waals surface area (Å²) in [6.45, 7) is 0. The molecule has 0 aromatic rings. The normalized spacial score (nSPS) is 6.00. The molecule has 0 heterocycles. The fourth-order valence-corrected chi connectivity index (χ4v) is 0. The van der Waals surface area contributed by atoms with Crippen molar-refractivity contribution in [1.82, 2.24) is 0 Å². The molecule has 0 aromatic heterocycles.